The Morgan fingerprint density at radius 3 is 2.48 bits per heavy atom. The van der Waals surface area contributed by atoms with Crippen LogP contribution in [0, 0.1) is 0 Å². The predicted octanol–water partition coefficient (Wildman–Crippen LogP) is 2.73. The molecule has 21 heavy (non-hydrogen) atoms. The summed E-state index contributed by atoms with van der Waals surface area (Å²) in [5.41, 5.74) is 0. The molecule has 1 aromatic heterocycles. The van der Waals surface area contributed by atoms with Crippen LogP contribution in [0.2, 0.25) is 0 Å². The lowest BCUT2D eigenvalue weighted by atomic mass is 10.0. The van der Waals surface area contributed by atoms with Crippen molar-refractivity contribution in [3.05, 3.63) is 17.9 Å². The van der Waals surface area contributed by atoms with E-state index in [-0.39, 0.29) is 17.2 Å². The van der Waals surface area contributed by atoms with Crippen LogP contribution in [0.3, 0.4) is 0 Å². The topological polar surface area (TPSA) is 62.6 Å². The van der Waals surface area contributed by atoms with E-state index in [1.807, 2.05) is 27.7 Å². The van der Waals surface area contributed by atoms with Crippen LogP contribution in [-0.4, -0.2) is 30.8 Å². The van der Waals surface area contributed by atoms with Gasteiger partial charge in [-0.3, -0.25) is 0 Å². The summed E-state index contributed by atoms with van der Waals surface area (Å²) in [6, 6.07) is 3.70. The summed E-state index contributed by atoms with van der Waals surface area (Å²) in [6.07, 6.45) is 2.90. The standard InChI is InChI=1S/C15H26N2O3S/c1-11(2)16-10-14-8-9-15(20-14)21(18,19)17-12(3)6-5-7-13(17)4/h8-9,11-13,16H,5-7,10H2,1-4H3. The van der Waals surface area contributed by atoms with Crippen molar-refractivity contribution in [1.29, 1.82) is 0 Å². The average molecular weight is 314 g/mol. The van der Waals surface area contributed by atoms with E-state index >= 15 is 0 Å². The van der Waals surface area contributed by atoms with Gasteiger partial charge in [0.05, 0.1) is 6.54 Å². The number of hydrogen-bond acceptors (Lipinski definition) is 4. The molecule has 1 fully saturated rings. The van der Waals surface area contributed by atoms with E-state index in [2.05, 4.69) is 5.32 Å². The second-order valence-corrected chi connectivity index (χ2v) is 7.99. The molecule has 120 valence electrons. The molecule has 0 saturated carbocycles. The number of nitrogens with one attached hydrogen (secondary N) is 1. The van der Waals surface area contributed by atoms with Crippen LogP contribution in [0.1, 0.15) is 52.7 Å². The second-order valence-electron chi connectivity index (χ2n) is 6.22. The minimum Gasteiger partial charge on any atom is -0.447 e. The van der Waals surface area contributed by atoms with E-state index in [0.717, 1.165) is 19.3 Å². The molecule has 0 spiro atoms. The molecule has 1 saturated heterocycles. The Morgan fingerprint density at radius 1 is 1.29 bits per heavy atom. The van der Waals surface area contributed by atoms with Crippen LogP contribution in [0.15, 0.2) is 21.6 Å². The lowest BCUT2D eigenvalue weighted by Crippen LogP contribution is -2.47. The Bertz CT molecular complexity index is 555. The molecule has 1 N–H and O–H groups in total. The SMILES string of the molecule is CC(C)NCc1ccc(S(=O)(=O)N2C(C)CCCC2C)o1. The summed E-state index contributed by atoms with van der Waals surface area (Å²) in [4.78, 5) is 0. The Balaban J connectivity index is 2.19. The minimum absolute atomic E-state index is 0.0288. The Morgan fingerprint density at radius 2 is 1.90 bits per heavy atom. The summed E-state index contributed by atoms with van der Waals surface area (Å²) in [6.45, 7) is 8.56. The molecular weight excluding hydrogens is 288 g/mol. The van der Waals surface area contributed by atoms with E-state index in [1.54, 1.807) is 16.4 Å². The van der Waals surface area contributed by atoms with Crippen molar-refractivity contribution in [2.24, 2.45) is 0 Å². The van der Waals surface area contributed by atoms with E-state index in [1.165, 1.54) is 0 Å². The van der Waals surface area contributed by atoms with E-state index < -0.39 is 10.0 Å². The first-order chi connectivity index (χ1) is 9.82. The van der Waals surface area contributed by atoms with Crippen molar-refractivity contribution < 1.29 is 12.8 Å². The van der Waals surface area contributed by atoms with Gasteiger partial charge in [-0.05, 0) is 38.8 Å². The number of piperidine rings is 1. The molecule has 1 aliphatic rings. The number of rotatable bonds is 5. The monoisotopic (exact) mass is 314 g/mol. The fourth-order valence-corrected chi connectivity index (χ4v) is 4.69. The van der Waals surface area contributed by atoms with Crippen molar-refractivity contribution in [3.63, 3.8) is 0 Å². The number of hydrogen-bond donors (Lipinski definition) is 1. The molecule has 2 heterocycles. The van der Waals surface area contributed by atoms with Crippen molar-refractivity contribution in [3.8, 4) is 0 Å². The maximum atomic E-state index is 12.8. The number of nitrogens with zero attached hydrogens (tertiary/aromatic N) is 1. The first-order valence-corrected chi connectivity index (χ1v) is 9.12. The lowest BCUT2D eigenvalue weighted by molar-refractivity contribution is 0.199. The van der Waals surface area contributed by atoms with Gasteiger partial charge < -0.3 is 9.73 Å². The van der Waals surface area contributed by atoms with Crippen LogP contribution in [0.5, 0.6) is 0 Å². The highest BCUT2D eigenvalue weighted by molar-refractivity contribution is 7.89. The Hall–Kier alpha value is -0.850. The molecule has 0 aliphatic carbocycles. The Kier molecular flexibility index (Phi) is 5.11. The summed E-state index contributed by atoms with van der Waals surface area (Å²) < 4.78 is 32.7. The molecule has 5 nitrogen and oxygen atoms in total. The fraction of sp³-hybridized carbons (Fsp3) is 0.733. The van der Waals surface area contributed by atoms with Crippen LogP contribution in [-0.2, 0) is 16.6 Å². The van der Waals surface area contributed by atoms with E-state index in [4.69, 9.17) is 4.42 Å². The zero-order valence-corrected chi connectivity index (χ0v) is 14.1. The van der Waals surface area contributed by atoms with Crippen LogP contribution < -0.4 is 5.32 Å². The zero-order chi connectivity index (χ0) is 15.6. The van der Waals surface area contributed by atoms with Gasteiger partial charge in [-0.1, -0.05) is 20.3 Å². The highest BCUT2D eigenvalue weighted by Gasteiger charge is 2.37. The molecule has 2 rings (SSSR count). The smallest absolute Gasteiger partial charge is 0.276 e. The molecule has 0 aromatic carbocycles. The largest absolute Gasteiger partial charge is 0.447 e. The first-order valence-electron chi connectivity index (χ1n) is 7.68. The third-order valence-electron chi connectivity index (χ3n) is 3.97. The van der Waals surface area contributed by atoms with Gasteiger partial charge in [-0.15, -0.1) is 0 Å². The molecule has 0 amide bonds. The van der Waals surface area contributed by atoms with Gasteiger partial charge in [-0.25, -0.2) is 8.42 Å². The van der Waals surface area contributed by atoms with E-state index in [0.29, 0.717) is 18.3 Å². The number of furan rings is 1. The normalized spacial score (nSPS) is 24.6. The summed E-state index contributed by atoms with van der Waals surface area (Å²) >= 11 is 0. The highest BCUT2D eigenvalue weighted by Crippen LogP contribution is 2.30. The van der Waals surface area contributed by atoms with Gasteiger partial charge in [0.15, 0.2) is 0 Å². The minimum atomic E-state index is -3.54. The molecule has 6 heteroatoms. The Labute approximate surface area is 127 Å². The van der Waals surface area contributed by atoms with Crippen molar-refractivity contribution in [2.75, 3.05) is 0 Å². The molecular formula is C15H26N2O3S. The quantitative estimate of drug-likeness (QED) is 0.907. The highest BCUT2D eigenvalue weighted by atomic mass is 32.2. The van der Waals surface area contributed by atoms with Crippen LogP contribution in [0.25, 0.3) is 0 Å². The van der Waals surface area contributed by atoms with Crippen LogP contribution >= 0.6 is 0 Å². The van der Waals surface area contributed by atoms with E-state index in [9.17, 15) is 8.42 Å². The molecule has 0 bridgehead atoms. The van der Waals surface area contributed by atoms with Gasteiger partial charge in [-0.2, -0.15) is 4.31 Å². The van der Waals surface area contributed by atoms with Gasteiger partial charge in [0.25, 0.3) is 10.0 Å². The van der Waals surface area contributed by atoms with Crippen molar-refractivity contribution >= 4 is 10.0 Å². The predicted molar refractivity (Wildman–Crippen MR) is 82.5 cm³/mol. The summed E-state index contributed by atoms with van der Waals surface area (Å²) in [5, 5.41) is 3.28. The average Bonchev–Trinajstić information content (AvgIpc) is 2.85. The maximum absolute atomic E-state index is 12.8. The number of sulfonamides is 1. The van der Waals surface area contributed by atoms with Gasteiger partial charge in [0.1, 0.15) is 5.76 Å². The summed E-state index contributed by atoms with van der Waals surface area (Å²) in [7, 11) is -3.54. The fourth-order valence-electron chi connectivity index (χ4n) is 2.87. The molecule has 1 aromatic rings. The van der Waals surface area contributed by atoms with Crippen LogP contribution in [0.4, 0.5) is 0 Å². The first kappa shape index (κ1) is 16.5. The molecule has 2 unspecified atom stereocenters. The summed E-state index contributed by atoms with van der Waals surface area (Å²) in [5.74, 6) is 0.652. The lowest BCUT2D eigenvalue weighted by Gasteiger charge is -2.36. The van der Waals surface area contributed by atoms with Gasteiger partial charge >= 0.3 is 0 Å². The zero-order valence-electron chi connectivity index (χ0n) is 13.3. The molecule has 0 radical (unpaired) electrons. The van der Waals surface area contributed by atoms with Crippen molar-refractivity contribution in [2.45, 2.75) is 76.7 Å². The van der Waals surface area contributed by atoms with Crippen molar-refractivity contribution in [1.82, 2.24) is 9.62 Å². The second kappa shape index (κ2) is 6.50. The molecule has 1 aliphatic heterocycles. The third-order valence-corrected chi connectivity index (χ3v) is 5.97. The maximum Gasteiger partial charge on any atom is 0.276 e. The third kappa shape index (κ3) is 3.67. The van der Waals surface area contributed by atoms with Gasteiger partial charge in [0, 0.05) is 18.1 Å². The van der Waals surface area contributed by atoms with Gasteiger partial charge in [0.2, 0.25) is 5.09 Å². The molecule has 2 atom stereocenters.